The van der Waals surface area contributed by atoms with Gasteiger partial charge in [0.05, 0.1) is 0 Å². The minimum absolute atomic E-state index is 0.0943. The smallest absolute Gasteiger partial charge is 0.325 e. The highest BCUT2D eigenvalue weighted by atomic mass is 16.5. The van der Waals surface area contributed by atoms with E-state index < -0.39 is 11.4 Å². The Hall–Kier alpha value is -1.84. The largest absolute Gasteiger partial charge is 0.460 e. The molecule has 1 amide bonds. The first-order valence-electron chi connectivity index (χ1n) is 5.87. The van der Waals surface area contributed by atoms with Crippen molar-refractivity contribution in [2.75, 3.05) is 6.54 Å². The van der Waals surface area contributed by atoms with Crippen molar-refractivity contribution in [3.63, 3.8) is 0 Å². The molecule has 0 heterocycles. The quantitative estimate of drug-likeness (QED) is 0.829. The fraction of sp³-hybridized carbons (Fsp3) is 0.429. The zero-order valence-electron chi connectivity index (χ0n) is 11.0. The van der Waals surface area contributed by atoms with Crippen molar-refractivity contribution < 1.29 is 14.3 Å². The topological polar surface area (TPSA) is 55.4 Å². The van der Waals surface area contributed by atoms with E-state index in [-0.39, 0.29) is 19.1 Å². The van der Waals surface area contributed by atoms with Gasteiger partial charge in [0, 0.05) is 5.41 Å². The zero-order valence-corrected chi connectivity index (χ0v) is 11.0. The number of benzene rings is 1. The van der Waals surface area contributed by atoms with Crippen LogP contribution in [0.5, 0.6) is 0 Å². The predicted octanol–water partition coefficient (Wildman–Crippen LogP) is 1.89. The van der Waals surface area contributed by atoms with Gasteiger partial charge in [0.15, 0.2) is 0 Å². The lowest BCUT2D eigenvalue weighted by atomic mass is 9.96. The third-order valence-electron chi connectivity index (χ3n) is 2.32. The van der Waals surface area contributed by atoms with Crippen molar-refractivity contribution in [1.29, 1.82) is 0 Å². The van der Waals surface area contributed by atoms with Crippen molar-refractivity contribution in [3.8, 4) is 0 Å². The predicted molar refractivity (Wildman–Crippen MR) is 68.7 cm³/mol. The minimum atomic E-state index is -0.500. The fourth-order valence-electron chi connectivity index (χ4n) is 1.21. The van der Waals surface area contributed by atoms with E-state index in [9.17, 15) is 9.59 Å². The molecule has 0 spiro atoms. The Labute approximate surface area is 107 Å². The highest BCUT2D eigenvalue weighted by Crippen LogP contribution is 2.12. The van der Waals surface area contributed by atoms with Crippen molar-refractivity contribution in [2.45, 2.75) is 27.4 Å². The Morgan fingerprint density at radius 1 is 1.17 bits per heavy atom. The lowest BCUT2D eigenvalue weighted by Gasteiger charge is -2.17. The molecule has 0 fully saturated rings. The number of esters is 1. The van der Waals surface area contributed by atoms with E-state index in [0.717, 1.165) is 5.56 Å². The summed E-state index contributed by atoms with van der Waals surface area (Å²) >= 11 is 0. The second kappa shape index (κ2) is 6.19. The molecule has 0 bridgehead atoms. The Morgan fingerprint density at radius 2 is 1.78 bits per heavy atom. The summed E-state index contributed by atoms with van der Waals surface area (Å²) in [5.74, 6) is -0.601. The van der Waals surface area contributed by atoms with E-state index >= 15 is 0 Å². The molecular weight excluding hydrogens is 230 g/mol. The second-order valence-corrected chi connectivity index (χ2v) is 5.08. The molecule has 0 aliphatic rings. The zero-order chi connectivity index (χ0) is 13.6. The van der Waals surface area contributed by atoms with Gasteiger partial charge in [-0.05, 0) is 5.56 Å². The van der Waals surface area contributed by atoms with Crippen LogP contribution in [-0.4, -0.2) is 18.4 Å². The summed E-state index contributed by atoms with van der Waals surface area (Å²) in [7, 11) is 0. The molecule has 0 aromatic heterocycles. The average Bonchev–Trinajstić information content (AvgIpc) is 2.33. The van der Waals surface area contributed by atoms with E-state index in [2.05, 4.69) is 5.32 Å². The molecule has 1 aromatic carbocycles. The van der Waals surface area contributed by atoms with Crippen LogP contribution in [0, 0.1) is 5.41 Å². The van der Waals surface area contributed by atoms with Crippen molar-refractivity contribution >= 4 is 11.9 Å². The minimum Gasteiger partial charge on any atom is -0.460 e. The first kappa shape index (κ1) is 14.2. The number of hydrogen-bond acceptors (Lipinski definition) is 3. The summed E-state index contributed by atoms with van der Waals surface area (Å²) in [5, 5.41) is 2.55. The average molecular weight is 249 g/mol. The van der Waals surface area contributed by atoms with Gasteiger partial charge in [-0.15, -0.1) is 0 Å². The summed E-state index contributed by atoms with van der Waals surface area (Å²) in [6, 6.07) is 9.41. The highest BCUT2D eigenvalue weighted by Gasteiger charge is 2.21. The third kappa shape index (κ3) is 4.99. The number of carbonyl (C=O) groups is 2. The maximum absolute atomic E-state index is 11.5. The van der Waals surface area contributed by atoms with E-state index in [0.29, 0.717) is 0 Å². The lowest BCUT2D eigenvalue weighted by Crippen LogP contribution is -2.38. The number of nitrogens with one attached hydrogen (secondary N) is 1. The molecule has 1 N–H and O–H groups in total. The Balaban J connectivity index is 2.29. The Morgan fingerprint density at radius 3 is 2.33 bits per heavy atom. The molecule has 4 nitrogen and oxygen atoms in total. The highest BCUT2D eigenvalue weighted by molar-refractivity contribution is 5.85. The fourth-order valence-corrected chi connectivity index (χ4v) is 1.21. The van der Waals surface area contributed by atoms with Gasteiger partial charge in [0.25, 0.3) is 0 Å². The monoisotopic (exact) mass is 249 g/mol. The molecule has 1 aromatic rings. The molecule has 0 unspecified atom stereocenters. The molecule has 0 aliphatic carbocycles. The molecule has 0 saturated carbocycles. The van der Waals surface area contributed by atoms with Crippen LogP contribution in [0.4, 0.5) is 0 Å². The summed E-state index contributed by atoms with van der Waals surface area (Å²) < 4.78 is 5.04. The molecule has 0 saturated heterocycles. The molecule has 98 valence electrons. The van der Waals surface area contributed by atoms with Gasteiger partial charge in [-0.25, -0.2) is 0 Å². The van der Waals surface area contributed by atoms with Crippen LogP contribution in [0.3, 0.4) is 0 Å². The molecule has 0 aliphatic heterocycles. The van der Waals surface area contributed by atoms with Crippen LogP contribution in [0.2, 0.25) is 0 Å². The van der Waals surface area contributed by atoms with Crippen molar-refractivity contribution in [2.24, 2.45) is 5.41 Å². The summed E-state index contributed by atoms with van der Waals surface area (Å²) in [5.41, 5.74) is 0.424. The number of amides is 1. The number of carbonyl (C=O) groups excluding carboxylic acids is 2. The van der Waals surface area contributed by atoms with Crippen LogP contribution in [0.25, 0.3) is 0 Å². The van der Waals surface area contributed by atoms with Gasteiger partial charge in [0.1, 0.15) is 13.2 Å². The number of hydrogen-bond donors (Lipinski definition) is 1. The summed E-state index contributed by atoms with van der Waals surface area (Å²) in [6.45, 7) is 5.50. The molecule has 1 rings (SSSR count). The van der Waals surface area contributed by atoms with Crippen LogP contribution >= 0.6 is 0 Å². The molecule has 0 radical (unpaired) electrons. The van der Waals surface area contributed by atoms with E-state index in [1.807, 2.05) is 30.3 Å². The number of ether oxygens (including phenoxy) is 1. The first-order chi connectivity index (χ1) is 8.39. The molecular formula is C14H19NO3. The van der Waals surface area contributed by atoms with Crippen LogP contribution in [0.1, 0.15) is 26.3 Å². The standard InChI is InChI=1S/C14H19NO3/c1-14(2,3)13(17)15-9-12(16)18-10-11-7-5-4-6-8-11/h4-8H,9-10H2,1-3H3,(H,15,17). The van der Waals surface area contributed by atoms with E-state index in [4.69, 9.17) is 4.74 Å². The van der Waals surface area contributed by atoms with Crippen molar-refractivity contribution in [3.05, 3.63) is 35.9 Å². The normalized spacial score (nSPS) is 10.8. The lowest BCUT2D eigenvalue weighted by molar-refractivity contribution is -0.145. The van der Waals surface area contributed by atoms with Gasteiger partial charge in [-0.1, -0.05) is 51.1 Å². The summed E-state index contributed by atoms with van der Waals surface area (Å²) in [6.07, 6.45) is 0. The van der Waals surface area contributed by atoms with E-state index in [1.165, 1.54) is 0 Å². The van der Waals surface area contributed by atoms with Gasteiger partial charge >= 0.3 is 5.97 Å². The second-order valence-electron chi connectivity index (χ2n) is 5.08. The first-order valence-corrected chi connectivity index (χ1v) is 5.87. The molecule has 0 atom stereocenters. The Bertz CT molecular complexity index is 407. The van der Waals surface area contributed by atoms with Crippen LogP contribution in [-0.2, 0) is 20.9 Å². The SMILES string of the molecule is CC(C)(C)C(=O)NCC(=O)OCc1ccccc1. The van der Waals surface area contributed by atoms with Crippen LogP contribution < -0.4 is 5.32 Å². The number of rotatable bonds is 4. The third-order valence-corrected chi connectivity index (χ3v) is 2.32. The van der Waals surface area contributed by atoms with Gasteiger partial charge in [-0.2, -0.15) is 0 Å². The summed E-state index contributed by atoms with van der Waals surface area (Å²) in [4.78, 5) is 22.9. The molecule has 4 heteroatoms. The van der Waals surface area contributed by atoms with Crippen LogP contribution in [0.15, 0.2) is 30.3 Å². The Kier molecular flexibility index (Phi) is 4.89. The molecule has 18 heavy (non-hydrogen) atoms. The van der Waals surface area contributed by atoms with E-state index in [1.54, 1.807) is 20.8 Å². The van der Waals surface area contributed by atoms with Gasteiger partial charge < -0.3 is 10.1 Å². The maximum Gasteiger partial charge on any atom is 0.325 e. The maximum atomic E-state index is 11.5. The van der Waals surface area contributed by atoms with Gasteiger partial charge in [0.2, 0.25) is 5.91 Å². The van der Waals surface area contributed by atoms with Crippen molar-refractivity contribution in [1.82, 2.24) is 5.32 Å². The van der Waals surface area contributed by atoms with Gasteiger partial charge in [-0.3, -0.25) is 9.59 Å².